The summed E-state index contributed by atoms with van der Waals surface area (Å²) >= 11 is 0. The summed E-state index contributed by atoms with van der Waals surface area (Å²) in [6.45, 7) is 15.0. The molecule has 0 aromatic rings. The van der Waals surface area contributed by atoms with Gasteiger partial charge in [-0.3, -0.25) is 0 Å². The Hall–Kier alpha value is -0.163. The van der Waals surface area contributed by atoms with Gasteiger partial charge < -0.3 is 13.3 Å². The zero-order valence-electron chi connectivity index (χ0n) is 17.5. The van der Waals surface area contributed by atoms with Gasteiger partial charge in [0, 0.05) is 19.8 Å². The van der Waals surface area contributed by atoms with Gasteiger partial charge in [-0.05, 0) is 31.4 Å². The molecular formula is C21H44O3Si. The molecule has 0 atom stereocenters. The third kappa shape index (κ3) is 12.8. The molecule has 0 unspecified atom stereocenters. The van der Waals surface area contributed by atoms with E-state index in [2.05, 4.69) is 27.4 Å². The first-order chi connectivity index (χ1) is 12.1. The molecule has 0 saturated heterocycles. The van der Waals surface area contributed by atoms with Crippen molar-refractivity contribution in [1.82, 2.24) is 0 Å². The third-order valence-electron chi connectivity index (χ3n) is 4.39. The van der Waals surface area contributed by atoms with Crippen molar-refractivity contribution < 1.29 is 13.3 Å². The Bertz CT molecular complexity index is 271. The SMILES string of the molecule is C=C(C)[Si](OCCCCCC)(OCCCCCC)OCCCCCC. The van der Waals surface area contributed by atoms with Crippen LogP contribution < -0.4 is 0 Å². The van der Waals surface area contributed by atoms with Crippen molar-refractivity contribution in [2.45, 2.75) is 105 Å². The molecule has 0 fully saturated rings. The van der Waals surface area contributed by atoms with E-state index in [1.807, 2.05) is 6.92 Å². The Morgan fingerprint density at radius 2 is 0.920 bits per heavy atom. The van der Waals surface area contributed by atoms with E-state index in [1.165, 1.54) is 57.8 Å². The van der Waals surface area contributed by atoms with Gasteiger partial charge in [-0.15, -0.1) is 0 Å². The minimum Gasteiger partial charge on any atom is -0.370 e. The predicted octanol–water partition coefficient (Wildman–Crippen LogP) is 6.83. The molecule has 0 N–H and O–H groups in total. The summed E-state index contributed by atoms with van der Waals surface area (Å²) in [4.78, 5) is 0. The van der Waals surface area contributed by atoms with E-state index in [4.69, 9.17) is 13.3 Å². The van der Waals surface area contributed by atoms with Crippen LogP contribution in [0.4, 0.5) is 0 Å². The lowest BCUT2D eigenvalue weighted by atomic mass is 10.2. The highest BCUT2D eigenvalue weighted by atomic mass is 28.4. The second-order valence-electron chi connectivity index (χ2n) is 7.06. The van der Waals surface area contributed by atoms with Crippen LogP contribution in [0.15, 0.2) is 11.8 Å². The molecule has 0 aliphatic rings. The molecule has 0 bridgehead atoms. The highest BCUT2D eigenvalue weighted by Crippen LogP contribution is 2.21. The van der Waals surface area contributed by atoms with Gasteiger partial charge in [0.2, 0.25) is 0 Å². The first-order valence-electron chi connectivity index (χ1n) is 10.7. The van der Waals surface area contributed by atoms with Crippen LogP contribution in [0.1, 0.15) is 105 Å². The van der Waals surface area contributed by atoms with Crippen LogP contribution in [0.25, 0.3) is 0 Å². The van der Waals surface area contributed by atoms with E-state index in [1.54, 1.807) is 0 Å². The smallest absolute Gasteiger partial charge is 0.370 e. The molecule has 0 amide bonds. The van der Waals surface area contributed by atoms with Crippen LogP contribution in [0, 0.1) is 0 Å². The highest BCUT2D eigenvalue weighted by Gasteiger charge is 2.42. The maximum atomic E-state index is 6.25. The van der Waals surface area contributed by atoms with Crippen LogP contribution in [-0.2, 0) is 13.3 Å². The number of hydrogen-bond donors (Lipinski definition) is 0. The summed E-state index contributed by atoms with van der Waals surface area (Å²) in [5.74, 6) is 0. The van der Waals surface area contributed by atoms with Crippen molar-refractivity contribution in [1.29, 1.82) is 0 Å². The maximum absolute atomic E-state index is 6.25. The van der Waals surface area contributed by atoms with E-state index >= 15 is 0 Å². The summed E-state index contributed by atoms with van der Waals surface area (Å²) in [6, 6.07) is 0. The van der Waals surface area contributed by atoms with Gasteiger partial charge >= 0.3 is 8.80 Å². The number of hydrogen-bond acceptors (Lipinski definition) is 3. The normalized spacial score (nSPS) is 11.8. The van der Waals surface area contributed by atoms with E-state index < -0.39 is 8.80 Å². The first-order valence-corrected chi connectivity index (χ1v) is 12.4. The second-order valence-corrected chi connectivity index (χ2v) is 9.90. The Kier molecular flexibility index (Phi) is 17.1. The minimum atomic E-state index is -2.75. The fourth-order valence-electron chi connectivity index (χ4n) is 2.70. The molecule has 0 aromatic carbocycles. The van der Waals surface area contributed by atoms with Crippen LogP contribution in [0.5, 0.6) is 0 Å². The van der Waals surface area contributed by atoms with Gasteiger partial charge in [-0.25, -0.2) is 0 Å². The van der Waals surface area contributed by atoms with Crippen LogP contribution in [0.3, 0.4) is 0 Å². The lowest BCUT2D eigenvalue weighted by Gasteiger charge is -2.30. The summed E-state index contributed by atoms with van der Waals surface area (Å²) in [6.07, 6.45) is 14.4. The molecule has 0 radical (unpaired) electrons. The molecule has 4 heteroatoms. The van der Waals surface area contributed by atoms with Crippen molar-refractivity contribution in [2.75, 3.05) is 19.8 Å². The Balaban J connectivity index is 4.49. The molecule has 0 rings (SSSR count). The number of unbranched alkanes of at least 4 members (excludes halogenated alkanes) is 9. The zero-order chi connectivity index (χ0) is 18.8. The third-order valence-corrected chi connectivity index (χ3v) is 7.19. The molecule has 3 nitrogen and oxygen atoms in total. The van der Waals surface area contributed by atoms with E-state index in [-0.39, 0.29) is 0 Å². The fourth-order valence-corrected chi connectivity index (χ4v) is 4.93. The molecular weight excluding hydrogens is 328 g/mol. The topological polar surface area (TPSA) is 27.7 Å². The van der Waals surface area contributed by atoms with Crippen LogP contribution in [-0.4, -0.2) is 28.6 Å². The average Bonchev–Trinajstić information content (AvgIpc) is 2.60. The molecule has 0 aliphatic carbocycles. The average molecular weight is 373 g/mol. The first kappa shape index (κ1) is 24.8. The standard InChI is InChI=1S/C21H44O3Si/c1-6-9-12-15-18-22-25(21(4)5,23-19-16-13-10-7-2)24-20-17-14-11-8-3/h4,6-20H2,1-3,5H3. The van der Waals surface area contributed by atoms with Gasteiger partial charge in [0.1, 0.15) is 0 Å². The van der Waals surface area contributed by atoms with Crippen LogP contribution in [0.2, 0.25) is 0 Å². The highest BCUT2D eigenvalue weighted by molar-refractivity contribution is 6.68. The zero-order valence-corrected chi connectivity index (χ0v) is 18.5. The fraction of sp³-hybridized carbons (Fsp3) is 0.905. The Labute approximate surface area is 158 Å². The summed E-state index contributed by atoms with van der Waals surface area (Å²) in [5, 5.41) is 0.953. The Morgan fingerprint density at radius 3 is 1.16 bits per heavy atom. The van der Waals surface area contributed by atoms with Crippen molar-refractivity contribution in [3.8, 4) is 0 Å². The second kappa shape index (κ2) is 17.3. The quantitative estimate of drug-likeness (QED) is 0.184. The number of allylic oxidation sites excluding steroid dienone is 1. The number of rotatable bonds is 19. The van der Waals surface area contributed by atoms with E-state index in [0.29, 0.717) is 0 Å². The molecule has 0 saturated carbocycles. The van der Waals surface area contributed by atoms with Crippen molar-refractivity contribution >= 4 is 8.80 Å². The maximum Gasteiger partial charge on any atom is 0.532 e. The molecule has 0 aromatic heterocycles. The lowest BCUT2D eigenvalue weighted by Crippen LogP contribution is -2.48. The van der Waals surface area contributed by atoms with Gasteiger partial charge in [0.15, 0.2) is 0 Å². The summed E-state index contributed by atoms with van der Waals surface area (Å²) in [5.41, 5.74) is 0. The van der Waals surface area contributed by atoms with E-state index in [9.17, 15) is 0 Å². The molecule has 25 heavy (non-hydrogen) atoms. The van der Waals surface area contributed by atoms with Crippen LogP contribution >= 0.6 is 0 Å². The molecule has 150 valence electrons. The van der Waals surface area contributed by atoms with Gasteiger partial charge in [-0.2, -0.15) is 0 Å². The summed E-state index contributed by atoms with van der Waals surface area (Å²) in [7, 11) is -2.75. The molecule has 0 spiro atoms. The predicted molar refractivity (Wildman–Crippen MR) is 111 cm³/mol. The summed E-state index contributed by atoms with van der Waals surface area (Å²) < 4.78 is 18.7. The van der Waals surface area contributed by atoms with Gasteiger partial charge in [0.25, 0.3) is 0 Å². The minimum absolute atomic E-state index is 0.725. The van der Waals surface area contributed by atoms with Crippen molar-refractivity contribution in [2.24, 2.45) is 0 Å². The molecule has 0 heterocycles. The largest absolute Gasteiger partial charge is 0.532 e. The monoisotopic (exact) mass is 372 g/mol. The van der Waals surface area contributed by atoms with Crippen molar-refractivity contribution in [3.05, 3.63) is 11.8 Å². The van der Waals surface area contributed by atoms with Gasteiger partial charge in [-0.1, -0.05) is 85.1 Å². The lowest BCUT2D eigenvalue weighted by molar-refractivity contribution is 0.0642. The Morgan fingerprint density at radius 1 is 0.600 bits per heavy atom. The van der Waals surface area contributed by atoms with Crippen molar-refractivity contribution in [3.63, 3.8) is 0 Å². The van der Waals surface area contributed by atoms with E-state index in [0.717, 1.165) is 44.3 Å². The van der Waals surface area contributed by atoms with Gasteiger partial charge in [0.05, 0.1) is 0 Å². The molecule has 0 aliphatic heterocycles.